The fraction of sp³-hybridized carbons (Fsp3) is 0.200. The quantitative estimate of drug-likeness (QED) is 0.146. The monoisotopic (exact) mass is 640 g/mol. The predicted octanol–water partition coefficient (Wildman–Crippen LogP) is 8.21. The lowest BCUT2D eigenvalue weighted by Crippen LogP contribution is -2.21. The van der Waals surface area contributed by atoms with Gasteiger partial charge in [0.25, 0.3) is 5.91 Å². The highest BCUT2D eigenvalue weighted by Crippen LogP contribution is 2.39. The largest absolute Gasteiger partial charge is 0.490 e. The number of halogens is 1. The number of hydrogen-bond donors (Lipinski definition) is 0. The van der Waals surface area contributed by atoms with E-state index in [1.165, 1.54) is 5.01 Å². The molecule has 0 aromatic heterocycles. The molecule has 0 saturated heterocycles. The second-order valence-electron chi connectivity index (χ2n) is 9.74. The number of nitrogens with zero attached hydrogens (tertiary/aromatic N) is 2. The van der Waals surface area contributed by atoms with Gasteiger partial charge >= 0.3 is 0 Å². The molecule has 0 bridgehead atoms. The molecule has 4 aromatic carbocycles. The fourth-order valence-corrected chi connectivity index (χ4v) is 5.16. The number of benzene rings is 4. The minimum Gasteiger partial charge on any atom is -0.490 e. The Morgan fingerprint density at radius 2 is 1.42 bits per heavy atom. The summed E-state index contributed by atoms with van der Waals surface area (Å²) in [7, 11) is 0. The molecule has 0 saturated carbocycles. The molecule has 7 nitrogen and oxygen atoms in total. The molecule has 1 aliphatic heterocycles. The first kappa shape index (κ1) is 29.9. The van der Waals surface area contributed by atoms with Crippen molar-refractivity contribution in [1.29, 1.82) is 0 Å². The Kier molecular flexibility index (Phi) is 9.79. The molecule has 0 aliphatic carbocycles. The molecule has 0 N–H and O–H groups in total. The first-order chi connectivity index (χ1) is 21.0. The molecular weight excluding hydrogens is 608 g/mol. The van der Waals surface area contributed by atoms with E-state index < -0.39 is 0 Å². The van der Waals surface area contributed by atoms with Crippen LogP contribution >= 0.6 is 15.9 Å². The molecule has 1 heterocycles. The standard InChI is InChI=1S/C35H33BrN2O5/c1-4-40-32-20-26(16-17-31(32)42-22-25-12-8-6-9-13-25)23-43-34-30(36)19-27(21-33(34)41-5-2)18-29-24(3)37-38(35(29)39)28-14-10-7-11-15-28/h6-21H,4-5,22-23H2,1-3H3/b29-18-. The van der Waals surface area contributed by atoms with Crippen LogP contribution in [-0.4, -0.2) is 24.8 Å². The average molecular weight is 642 g/mol. The highest BCUT2D eigenvalue weighted by atomic mass is 79.9. The van der Waals surface area contributed by atoms with E-state index in [1.54, 1.807) is 0 Å². The molecule has 0 fully saturated rings. The zero-order valence-electron chi connectivity index (χ0n) is 24.4. The molecule has 8 heteroatoms. The lowest BCUT2D eigenvalue weighted by Gasteiger charge is -2.17. The Labute approximate surface area is 260 Å². The van der Waals surface area contributed by atoms with E-state index in [9.17, 15) is 4.79 Å². The van der Waals surface area contributed by atoms with Crippen molar-refractivity contribution in [3.8, 4) is 23.0 Å². The number of anilines is 1. The minimum atomic E-state index is -0.181. The first-order valence-corrected chi connectivity index (χ1v) is 14.9. The molecule has 0 spiro atoms. The van der Waals surface area contributed by atoms with Crippen LogP contribution in [0.4, 0.5) is 5.69 Å². The lowest BCUT2D eigenvalue weighted by molar-refractivity contribution is -0.114. The van der Waals surface area contributed by atoms with Crippen LogP contribution < -0.4 is 24.0 Å². The summed E-state index contributed by atoms with van der Waals surface area (Å²) < 4.78 is 24.8. The maximum atomic E-state index is 13.2. The van der Waals surface area contributed by atoms with Gasteiger partial charge in [0, 0.05) is 0 Å². The normalized spacial score (nSPS) is 13.7. The second-order valence-corrected chi connectivity index (χ2v) is 10.6. The van der Waals surface area contributed by atoms with Gasteiger partial charge in [-0.2, -0.15) is 10.1 Å². The summed E-state index contributed by atoms with van der Waals surface area (Å²) in [5.74, 6) is 2.29. The average Bonchev–Trinajstić information content (AvgIpc) is 3.30. The number of para-hydroxylation sites is 1. The van der Waals surface area contributed by atoms with Crippen LogP contribution in [0.25, 0.3) is 6.08 Å². The maximum absolute atomic E-state index is 13.2. The maximum Gasteiger partial charge on any atom is 0.280 e. The van der Waals surface area contributed by atoms with E-state index in [2.05, 4.69) is 21.0 Å². The van der Waals surface area contributed by atoms with Gasteiger partial charge < -0.3 is 18.9 Å². The topological polar surface area (TPSA) is 69.6 Å². The number of amides is 1. The number of ether oxygens (including phenoxy) is 4. The van der Waals surface area contributed by atoms with Crippen molar-refractivity contribution in [2.24, 2.45) is 5.10 Å². The van der Waals surface area contributed by atoms with E-state index in [0.717, 1.165) is 22.4 Å². The van der Waals surface area contributed by atoms with Gasteiger partial charge in [-0.05, 0) is 95.9 Å². The van der Waals surface area contributed by atoms with E-state index in [4.69, 9.17) is 18.9 Å². The van der Waals surface area contributed by atoms with E-state index in [-0.39, 0.29) is 12.5 Å². The lowest BCUT2D eigenvalue weighted by atomic mass is 10.1. The van der Waals surface area contributed by atoms with Crippen LogP contribution in [0.5, 0.6) is 23.0 Å². The molecule has 5 rings (SSSR count). The fourth-order valence-electron chi connectivity index (χ4n) is 4.59. The van der Waals surface area contributed by atoms with Gasteiger partial charge in [-0.3, -0.25) is 4.79 Å². The molecular formula is C35H33BrN2O5. The third-order valence-corrected chi connectivity index (χ3v) is 7.22. The molecule has 4 aromatic rings. The van der Waals surface area contributed by atoms with Crippen molar-refractivity contribution >= 4 is 39.3 Å². The van der Waals surface area contributed by atoms with Crippen molar-refractivity contribution in [3.05, 3.63) is 118 Å². The summed E-state index contributed by atoms with van der Waals surface area (Å²) in [4.78, 5) is 13.2. The zero-order valence-corrected chi connectivity index (χ0v) is 26.0. The van der Waals surface area contributed by atoms with E-state index in [1.807, 2.05) is 118 Å². The van der Waals surface area contributed by atoms with Gasteiger partial charge in [0.05, 0.1) is 34.7 Å². The highest BCUT2D eigenvalue weighted by molar-refractivity contribution is 9.10. The summed E-state index contributed by atoms with van der Waals surface area (Å²) in [6.45, 7) is 7.39. The molecule has 0 unspecified atom stereocenters. The number of rotatable bonds is 12. The Morgan fingerprint density at radius 3 is 2.14 bits per heavy atom. The SMILES string of the molecule is CCOc1cc(COc2c(Br)cc(/C=C3\C(=O)N(c4ccccc4)N=C3C)cc2OCC)ccc1OCc1ccccc1. The minimum absolute atomic E-state index is 0.181. The van der Waals surface area contributed by atoms with E-state index >= 15 is 0 Å². The number of hydrogen-bond acceptors (Lipinski definition) is 6. The summed E-state index contributed by atoms with van der Waals surface area (Å²) in [6.07, 6.45) is 1.82. The Hall–Kier alpha value is -4.56. The molecule has 1 amide bonds. The second kappa shape index (κ2) is 14.1. The van der Waals surface area contributed by atoms with Crippen LogP contribution in [0.3, 0.4) is 0 Å². The Balaban J connectivity index is 1.33. The van der Waals surface area contributed by atoms with Gasteiger partial charge in [-0.25, -0.2) is 0 Å². The Bertz CT molecular complexity index is 1640. The summed E-state index contributed by atoms with van der Waals surface area (Å²) in [5.41, 5.74) is 4.67. The van der Waals surface area contributed by atoms with Gasteiger partial charge in [-0.1, -0.05) is 54.6 Å². The number of carbonyl (C=O) groups excluding carboxylic acids is 1. The van der Waals surface area contributed by atoms with E-state index in [0.29, 0.717) is 58.6 Å². The van der Waals surface area contributed by atoms with Crippen LogP contribution in [-0.2, 0) is 18.0 Å². The van der Waals surface area contributed by atoms with Crippen molar-refractivity contribution in [2.45, 2.75) is 34.0 Å². The highest BCUT2D eigenvalue weighted by Gasteiger charge is 2.28. The first-order valence-electron chi connectivity index (χ1n) is 14.1. The van der Waals surface area contributed by atoms with Crippen LogP contribution in [0, 0.1) is 0 Å². The summed E-state index contributed by atoms with van der Waals surface area (Å²) in [6, 6.07) is 29.0. The van der Waals surface area contributed by atoms with Gasteiger partial charge in [0.2, 0.25) is 0 Å². The number of carbonyl (C=O) groups is 1. The predicted molar refractivity (Wildman–Crippen MR) is 173 cm³/mol. The zero-order chi connectivity index (χ0) is 30.2. The Morgan fingerprint density at radius 1 is 0.744 bits per heavy atom. The molecule has 1 aliphatic rings. The van der Waals surface area contributed by atoms with Crippen molar-refractivity contribution in [2.75, 3.05) is 18.2 Å². The van der Waals surface area contributed by atoms with Gasteiger partial charge in [0.1, 0.15) is 13.2 Å². The molecule has 220 valence electrons. The number of hydrazone groups is 1. The van der Waals surface area contributed by atoms with Crippen molar-refractivity contribution < 1.29 is 23.7 Å². The third kappa shape index (κ3) is 7.27. The van der Waals surface area contributed by atoms with Gasteiger partial charge in [0.15, 0.2) is 23.0 Å². The molecule has 0 atom stereocenters. The van der Waals surface area contributed by atoms with Crippen LogP contribution in [0.1, 0.15) is 37.5 Å². The summed E-state index contributed by atoms with van der Waals surface area (Å²) in [5, 5.41) is 5.90. The molecule has 0 radical (unpaired) electrons. The summed E-state index contributed by atoms with van der Waals surface area (Å²) >= 11 is 3.66. The van der Waals surface area contributed by atoms with Gasteiger partial charge in [-0.15, -0.1) is 0 Å². The smallest absolute Gasteiger partial charge is 0.280 e. The molecule has 43 heavy (non-hydrogen) atoms. The third-order valence-electron chi connectivity index (χ3n) is 6.63. The van der Waals surface area contributed by atoms with Crippen LogP contribution in [0.2, 0.25) is 0 Å². The van der Waals surface area contributed by atoms with Crippen molar-refractivity contribution in [1.82, 2.24) is 0 Å². The van der Waals surface area contributed by atoms with Crippen LogP contribution in [0.15, 0.2) is 106 Å². The van der Waals surface area contributed by atoms with Crippen molar-refractivity contribution in [3.63, 3.8) is 0 Å².